The largest absolute Gasteiger partial charge is 0.385 e. The van der Waals surface area contributed by atoms with E-state index in [1.54, 1.807) is 0 Å². The summed E-state index contributed by atoms with van der Waals surface area (Å²) in [5.74, 6) is 0.672. The highest BCUT2D eigenvalue weighted by Gasteiger charge is 2.41. The molecule has 1 aromatic rings. The Morgan fingerprint density at radius 3 is 2.33 bits per heavy atom. The van der Waals surface area contributed by atoms with Gasteiger partial charge >= 0.3 is 0 Å². The molecule has 2 rings (SSSR count). The molecule has 0 aromatic heterocycles. The lowest BCUT2D eigenvalue weighted by Gasteiger charge is -2.42. The normalized spacial score (nSPS) is 29.9. The SMILES string of the molecule is CCCc1ccc(C2(O)CC(C)C2)cc1. The van der Waals surface area contributed by atoms with Crippen LogP contribution in [-0.2, 0) is 12.0 Å². The van der Waals surface area contributed by atoms with Crippen molar-refractivity contribution in [2.75, 3.05) is 0 Å². The van der Waals surface area contributed by atoms with E-state index in [2.05, 4.69) is 38.1 Å². The molecule has 1 heteroatoms. The van der Waals surface area contributed by atoms with Crippen LogP contribution in [0.15, 0.2) is 24.3 Å². The molecule has 1 N–H and O–H groups in total. The maximum Gasteiger partial charge on any atom is 0.0901 e. The van der Waals surface area contributed by atoms with E-state index in [1.165, 1.54) is 12.0 Å². The fourth-order valence-electron chi connectivity index (χ4n) is 2.60. The standard InChI is InChI=1S/C14H20O/c1-3-4-12-5-7-13(8-6-12)14(15)9-11(2)10-14/h5-8,11,15H,3-4,9-10H2,1-2H3. The number of rotatable bonds is 3. The maximum atomic E-state index is 10.3. The van der Waals surface area contributed by atoms with Gasteiger partial charge in [0.15, 0.2) is 0 Å². The predicted octanol–water partition coefficient (Wildman–Crippen LogP) is 3.26. The Bertz CT molecular complexity index is 320. The van der Waals surface area contributed by atoms with E-state index in [9.17, 15) is 5.11 Å². The van der Waals surface area contributed by atoms with E-state index in [0.717, 1.165) is 24.8 Å². The minimum Gasteiger partial charge on any atom is -0.385 e. The fraction of sp³-hybridized carbons (Fsp3) is 0.571. The van der Waals surface area contributed by atoms with Gasteiger partial charge in [0.2, 0.25) is 0 Å². The average Bonchev–Trinajstić information content (AvgIpc) is 2.17. The van der Waals surface area contributed by atoms with Crippen molar-refractivity contribution in [3.63, 3.8) is 0 Å². The number of hydrogen-bond donors (Lipinski definition) is 1. The topological polar surface area (TPSA) is 20.2 Å². The summed E-state index contributed by atoms with van der Waals surface area (Å²) in [7, 11) is 0. The number of hydrogen-bond acceptors (Lipinski definition) is 1. The highest BCUT2D eigenvalue weighted by Crippen LogP contribution is 2.45. The molecule has 82 valence electrons. The molecule has 0 saturated heterocycles. The van der Waals surface area contributed by atoms with Gasteiger partial charge in [0.1, 0.15) is 0 Å². The highest BCUT2D eigenvalue weighted by molar-refractivity contribution is 5.29. The van der Waals surface area contributed by atoms with Crippen LogP contribution in [0.1, 0.15) is 44.2 Å². The van der Waals surface area contributed by atoms with Gasteiger partial charge in [0.05, 0.1) is 5.60 Å². The smallest absolute Gasteiger partial charge is 0.0901 e. The third kappa shape index (κ3) is 2.07. The van der Waals surface area contributed by atoms with Crippen LogP contribution in [0.25, 0.3) is 0 Å². The summed E-state index contributed by atoms with van der Waals surface area (Å²) in [5.41, 5.74) is 1.95. The molecular formula is C14H20O. The van der Waals surface area contributed by atoms with Crippen molar-refractivity contribution in [1.29, 1.82) is 0 Å². The Labute approximate surface area is 92.1 Å². The molecule has 0 atom stereocenters. The molecule has 1 aliphatic carbocycles. The molecule has 0 amide bonds. The van der Waals surface area contributed by atoms with E-state index in [4.69, 9.17) is 0 Å². The van der Waals surface area contributed by atoms with Crippen molar-refractivity contribution in [2.45, 2.75) is 45.1 Å². The van der Waals surface area contributed by atoms with Gasteiger partial charge in [-0.2, -0.15) is 0 Å². The number of aryl methyl sites for hydroxylation is 1. The monoisotopic (exact) mass is 204 g/mol. The van der Waals surface area contributed by atoms with E-state index < -0.39 is 5.60 Å². The van der Waals surface area contributed by atoms with E-state index in [0.29, 0.717) is 5.92 Å². The number of aliphatic hydroxyl groups is 1. The minimum absolute atomic E-state index is 0.524. The van der Waals surface area contributed by atoms with Gasteiger partial charge in [0.25, 0.3) is 0 Å². The molecule has 0 bridgehead atoms. The molecular weight excluding hydrogens is 184 g/mol. The second kappa shape index (κ2) is 3.97. The zero-order valence-electron chi connectivity index (χ0n) is 9.66. The molecule has 0 heterocycles. The first-order valence-corrected chi connectivity index (χ1v) is 5.96. The zero-order valence-corrected chi connectivity index (χ0v) is 9.66. The van der Waals surface area contributed by atoms with Crippen molar-refractivity contribution in [1.82, 2.24) is 0 Å². The third-order valence-electron chi connectivity index (χ3n) is 3.40. The van der Waals surface area contributed by atoms with Gasteiger partial charge in [-0.3, -0.25) is 0 Å². The molecule has 0 radical (unpaired) electrons. The Balaban J connectivity index is 2.10. The quantitative estimate of drug-likeness (QED) is 0.801. The van der Waals surface area contributed by atoms with Crippen molar-refractivity contribution >= 4 is 0 Å². The van der Waals surface area contributed by atoms with Gasteiger partial charge < -0.3 is 5.11 Å². The first-order chi connectivity index (χ1) is 7.14. The summed E-state index contributed by atoms with van der Waals surface area (Å²) in [6.07, 6.45) is 4.15. The van der Waals surface area contributed by atoms with Gasteiger partial charge in [-0.25, -0.2) is 0 Å². The fourth-order valence-corrected chi connectivity index (χ4v) is 2.60. The molecule has 0 spiro atoms. The molecule has 1 saturated carbocycles. The van der Waals surface area contributed by atoms with Crippen LogP contribution in [0.5, 0.6) is 0 Å². The summed E-state index contributed by atoms with van der Waals surface area (Å²) < 4.78 is 0. The lowest BCUT2D eigenvalue weighted by molar-refractivity contribution is -0.0738. The Morgan fingerprint density at radius 2 is 1.87 bits per heavy atom. The second-order valence-corrected chi connectivity index (χ2v) is 4.99. The molecule has 15 heavy (non-hydrogen) atoms. The summed E-state index contributed by atoms with van der Waals surface area (Å²) in [6.45, 7) is 4.38. The summed E-state index contributed by atoms with van der Waals surface area (Å²) >= 11 is 0. The number of benzene rings is 1. The van der Waals surface area contributed by atoms with Gasteiger partial charge in [-0.1, -0.05) is 44.5 Å². The predicted molar refractivity (Wildman–Crippen MR) is 62.7 cm³/mol. The average molecular weight is 204 g/mol. The van der Waals surface area contributed by atoms with Gasteiger partial charge in [-0.15, -0.1) is 0 Å². The summed E-state index contributed by atoms with van der Waals surface area (Å²) in [5, 5.41) is 10.3. The van der Waals surface area contributed by atoms with Crippen LogP contribution in [0, 0.1) is 5.92 Å². The van der Waals surface area contributed by atoms with Crippen LogP contribution in [0.4, 0.5) is 0 Å². The van der Waals surface area contributed by atoms with Crippen LogP contribution >= 0.6 is 0 Å². The van der Waals surface area contributed by atoms with E-state index in [1.807, 2.05) is 0 Å². The zero-order chi connectivity index (χ0) is 10.9. The van der Waals surface area contributed by atoms with Crippen molar-refractivity contribution in [3.05, 3.63) is 35.4 Å². The van der Waals surface area contributed by atoms with Gasteiger partial charge in [0, 0.05) is 0 Å². The molecule has 0 aliphatic heterocycles. The van der Waals surface area contributed by atoms with Crippen LogP contribution in [-0.4, -0.2) is 5.11 Å². The molecule has 1 fully saturated rings. The lowest BCUT2D eigenvalue weighted by Crippen LogP contribution is -2.39. The Hall–Kier alpha value is -0.820. The van der Waals surface area contributed by atoms with Crippen LogP contribution in [0.2, 0.25) is 0 Å². The van der Waals surface area contributed by atoms with E-state index in [-0.39, 0.29) is 0 Å². The Kier molecular flexibility index (Phi) is 2.83. The maximum absolute atomic E-state index is 10.3. The molecule has 1 aliphatic rings. The lowest BCUT2D eigenvalue weighted by atomic mass is 9.68. The third-order valence-corrected chi connectivity index (χ3v) is 3.40. The first-order valence-electron chi connectivity index (χ1n) is 5.96. The van der Waals surface area contributed by atoms with Crippen molar-refractivity contribution in [3.8, 4) is 0 Å². The van der Waals surface area contributed by atoms with Crippen LogP contribution < -0.4 is 0 Å². The summed E-state index contributed by atoms with van der Waals surface area (Å²) in [4.78, 5) is 0. The first kappa shape index (κ1) is 10.7. The van der Waals surface area contributed by atoms with Crippen molar-refractivity contribution < 1.29 is 5.11 Å². The van der Waals surface area contributed by atoms with E-state index >= 15 is 0 Å². The molecule has 0 unspecified atom stereocenters. The second-order valence-electron chi connectivity index (χ2n) is 4.99. The van der Waals surface area contributed by atoms with Crippen molar-refractivity contribution in [2.24, 2.45) is 5.92 Å². The summed E-state index contributed by atoms with van der Waals surface area (Å²) in [6, 6.07) is 8.49. The highest BCUT2D eigenvalue weighted by atomic mass is 16.3. The van der Waals surface area contributed by atoms with Crippen LogP contribution in [0.3, 0.4) is 0 Å². The van der Waals surface area contributed by atoms with Gasteiger partial charge in [-0.05, 0) is 36.3 Å². The Morgan fingerprint density at radius 1 is 1.27 bits per heavy atom. The molecule has 1 aromatic carbocycles. The minimum atomic E-state index is -0.524. The molecule has 1 nitrogen and oxygen atoms in total.